The van der Waals surface area contributed by atoms with Crippen molar-refractivity contribution in [3.8, 4) is 0 Å². The van der Waals surface area contributed by atoms with E-state index in [0.29, 0.717) is 0 Å². The Labute approximate surface area is 264 Å². The summed E-state index contributed by atoms with van der Waals surface area (Å²) in [5.41, 5.74) is 6.03. The van der Waals surface area contributed by atoms with Crippen LogP contribution in [0.15, 0.2) is 60.7 Å². The van der Waals surface area contributed by atoms with Crippen LogP contribution in [0.4, 0.5) is 0 Å². The summed E-state index contributed by atoms with van der Waals surface area (Å²) in [7, 11) is 0.815. The third-order valence-electron chi connectivity index (χ3n) is 6.53. The fourth-order valence-electron chi connectivity index (χ4n) is 4.41. The van der Waals surface area contributed by atoms with Crippen LogP contribution in [-0.4, -0.2) is 9.52 Å². The Hall–Kier alpha value is -0.280. The van der Waals surface area contributed by atoms with Gasteiger partial charge in [0.15, 0.2) is 0 Å². The van der Waals surface area contributed by atoms with E-state index in [0.717, 1.165) is 9.52 Å². The van der Waals surface area contributed by atoms with Gasteiger partial charge in [-0.15, -0.1) is 81.2 Å². The van der Waals surface area contributed by atoms with Crippen LogP contribution in [-0.2, 0) is 39.0 Å². The minimum absolute atomic E-state index is 0. The largest absolute Gasteiger partial charge is 4.00 e. The summed E-state index contributed by atoms with van der Waals surface area (Å²) in [6.45, 7) is 13.5. The van der Waals surface area contributed by atoms with E-state index in [4.69, 9.17) is 0 Å². The average molecular weight is 709 g/mol. The van der Waals surface area contributed by atoms with Gasteiger partial charge in [0.25, 0.3) is 0 Å². The van der Waals surface area contributed by atoms with Crippen LogP contribution in [0.1, 0.15) is 75.6 Å². The molecule has 0 saturated heterocycles. The monoisotopic (exact) mass is 705 g/mol. The molecule has 0 amide bonds. The summed E-state index contributed by atoms with van der Waals surface area (Å²) in [6.07, 6.45) is 7.63. The van der Waals surface area contributed by atoms with Gasteiger partial charge in [-0.3, -0.25) is 0 Å². The molecule has 0 unspecified atom stereocenters. The molecular weight excluding hydrogens is 663 g/mol. The molecular formula is C32H45Br2SiZr. The number of hydrogen-bond acceptors (Lipinski definition) is 0. The van der Waals surface area contributed by atoms with Gasteiger partial charge in [-0.25, -0.2) is 0 Å². The third kappa shape index (κ3) is 11.6. The normalized spacial score (nSPS) is 9.72. The molecule has 0 saturated carbocycles. The fourth-order valence-corrected chi connectivity index (χ4v) is 4.99. The third-order valence-corrected chi connectivity index (χ3v) is 7.68. The van der Waals surface area contributed by atoms with E-state index in [9.17, 15) is 0 Å². The van der Waals surface area contributed by atoms with Crippen molar-refractivity contribution in [3.63, 3.8) is 0 Å². The van der Waals surface area contributed by atoms with Crippen LogP contribution in [0, 0.1) is 13.8 Å². The molecule has 1 radical (unpaired) electrons. The predicted octanol–water partition coefficient (Wildman–Crippen LogP) is 3.72. The SMILES string of the molecule is CCCCc1[cH-]c2ccccc2c1C.CCCCc1[cH-]c2ccccc2c1C.CC[SiH]CC.[Br-].[Br-].[Zr+4]. The minimum atomic E-state index is 0. The molecule has 0 N–H and O–H groups in total. The number of hydrogen-bond donors (Lipinski definition) is 0. The molecule has 0 fully saturated rings. The molecule has 0 spiro atoms. The van der Waals surface area contributed by atoms with Gasteiger partial charge in [0.1, 0.15) is 0 Å². The van der Waals surface area contributed by atoms with Crippen LogP contribution in [0.5, 0.6) is 0 Å². The van der Waals surface area contributed by atoms with Gasteiger partial charge in [-0.05, 0) is 12.8 Å². The topological polar surface area (TPSA) is 0 Å². The first kappa shape index (κ1) is 37.9. The number of halogens is 2. The average Bonchev–Trinajstić information content (AvgIpc) is 3.34. The second-order valence-electron chi connectivity index (χ2n) is 9.08. The zero-order valence-corrected chi connectivity index (χ0v) is 30.0. The quantitative estimate of drug-likeness (QED) is 0.194. The van der Waals surface area contributed by atoms with E-state index >= 15 is 0 Å². The molecule has 0 bridgehead atoms. The molecule has 4 heteroatoms. The number of unbranched alkanes of at least 4 members (excludes halogenated alkanes) is 2. The Morgan fingerprint density at radius 2 is 0.972 bits per heavy atom. The molecule has 0 aromatic heterocycles. The molecule has 4 aromatic rings. The summed E-state index contributed by atoms with van der Waals surface area (Å²) in [5, 5.41) is 5.66. The van der Waals surface area contributed by atoms with Gasteiger partial charge in [0, 0.05) is 9.52 Å². The van der Waals surface area contributed by atoms with E-state index in [-0.39, 0.29) is 60.2 Å². The van der Waals surface area contributed by atoms with Crippen molar-refractivity contribution in [1.29, 1.82) is 0 Å². The summed E-state index contributed by atoms with van der Waals surface area (Å²) in [4.78, 5) is 0. The minimum Gasteiger partial charge on any atom is -1.00 e. The molecule has 195 valence electrons. The first-order valence-corrected chi connectivity index (χ1v) is 14.8. The van der Waals surface area contributed by atoms with Crippen molar-refractivity contribution >= 4 is 31.1 Å². The van der Waals surface area contributed by atoms with E-state index in [1.165, 1.54) is 94.4 Å². The van der Waals surface area contributed by atoms with Crippen molar-refractivity contribution in [1.82, 2.24) is 0 Å². The molecule has 4 aromatic carbocycles. The summed E-state index contributed by atoms with van der Waals surface area (Å²) in [5.74, 6) is 0. The summed E-state index contributed by atoms with van der Waals surface area (Å²) in [6, 6.07) is 24.9. The van der Waals surface area contributed by atoms with Crippen molar-refractivity contribution < 1.29 is 60.2 Å². The second kappa shape index (κ2) is 21.6. The van der Waals surface area contributed by atoms with Crippen LogP contribution < -0.4 is 34.0 Å². The van der Waals surface area contributed by atoms with Gasteiger partial charge in [-0.2, -0.15) is 11.1 Å². The maximum absolute atomic E-state index is 2.35. The molecule has 0 aliphatic heterocycles. The van der Waals surface area contributed by atoms with Crippen LogP contribution >= 0.6 is 0 Å². The Morgan fingerprint density at radius 3 is 1.25 bits per heavy atom. The molecule has 36 heavy (non-hydrogen) atoms. The van der Waals surface area contributed by atoms with Gasteiger partial charge in [0.2, 0.25) is 0 Å². The van der Waals surface area contributed by atoms with Gasteiger partial charge in [-0.1, -0.05) is 91.4 Å². The molecule has 4 rings (SSSR count). The first-order chi connectivity index (χ1) is 16.1. The van der Waals surface area contributed by atoms with Gasteiger partial charge in [0.05, 0.1) is 0 Å². The Kier molecular flexibility index (Phi) is 22.8. The molecule has 0 aliphatic carbocycles. The Morgan fingerprint density at radius 1 is 0.611 bits per heavy atom. The van der Waals surface area contributed by atoms with Crippen molar-refractivity contribution in [2.45, 2.75) is 92.2 Å². The van der Waals surface area contributed by atoms with Gasteiger partial charge < -0.3 is 34.0 Å². The number of rotatable bonds is 8. The molecule has 0 aliphatic rings. The maximum atomic E-state index is 2.35. The molecule has 0 heterocycles. The zero-order chi connectivity index (χ0) is 24.1. The first-order valence-electron chi connectivity index (χ1n) is 13.2. The van der Waals surface area contributed by atoms with Crippen molar-refractivity contribution in [2.75, 3.05) is 0 Å². The number of aryl methyl sites for hydroxylation is 4. The summed E-state index contributed by atoms with van der Waals surface area (Å²) >= 11 is 0. The number of benzene rings is 2. The van der Waals surface area contributed by atoms with Crippen LogP contribution in [0.2, 0.25) is 12.1 Å². The Balaban J connectivity index is 0. The standard InChI is InChI=1S/2C14H17.C4H11Si.2BrH.Zr/c2*1-3-4-7-12-10-13-8-5-6-9-14(13)11(12)2;1-3-5-4-2;;;/h2*5-6,8-10H,3-4,7H2,1-2H3;5H,3-4H2,1-2H3;2*1H;/q2*-1;;;;+4/p-2. The van der Waals surface area contributed by atoms with E-state index in [1.54, 1.807) is 0 Å². The fraction of sp³-hybridized carbons (Fsp3) is 0.438. The molecule has 0 atom stereocenters. The smallest absolute Gasteiger partial charge is 1.00 e. The Bertz CT molecular complexity index is 994. The van der Waals surface area contributed by atoms with Crippen molar-refractivity contribution in [2.24, 2.45) is 0 Å². The zero-order valence-electron chi connectivity index (χ0n) is 23.3. The van der Waals surface area contributed by atoms with Crippen LogP contribution in [0.3, 0.4) is 0 Å². The van der Waals surface area contributed by atoms with E-state index in [1.807, 2.05) is 0 Å². The van der Waals surface area contributed by atoms with E-state index in [2.05, 4.69) is 102 Å². The second-order valence-corrected chi connectivity index (χ2v) is 11.3. The van der Waals surface area contributed by atoms with E-state index < -0.39 is 0 Å². The maximum Gasteiger partial charge on any atom is 4.00 e. The van der Waals surface area contributed by atoms with Crippen molar-refractivity contribution in [3.05, 3.63) is 82.9 Å². The van der Waals surface area contributed by atoms with Crippen LogP contribution in [0.25, 0.3) is 21.5 Å². The number of fused-ring (bicyclic) bond motifs is 2. The predicted molar refractivity (Wildman–Crippen MR) is 154 cm³/mol. The summed E-state index contributed by atoms with van der Waals surface area (Å²) < 4.78 is 0. The molecule has 0 nitrogen and oxygen atoms in total. The van der Waals surface area contributed by atoms with Gasteiger partial charge >= 0.3 is 26.2 Å².